The number of ether oxygens (including phenoxy) is 1. The van der Waals surface area contributed by atoms with E-state index in [1.165, 1.54) is 0 Å². The Kier molecular flexibility index (Phi) is 2.56. The molecule has 2 aliphatic rings. The van der Waals surface area contributed by atoms with Crippen LogP contribution in [-0.4, -0.2) is 17.2 Å². The first-order chi connectivity index (χ1) is 8.53. The minimum absolute atomic E-state index is 0.216. The van der Waals surface area contributed by atoms with Crippen molar-refractivity contribution < 1.29 is 14.6 Å². The van der Waals surface area contributed by atoms with Crippen LogP contribution >= 0.6 is 11.6 Å². The second kappa shape index (κ2) is 3.89. The van der Waals surface area contributed by atoms with Crippen LogP contribution in [0.25, 0.3) is 0 Å². The fourth-order valence-electron chi connectivity index (χ4n) is 2.28. The molecule has 0 spiro atoms. The van der Waals surface area contributed by atoms with Crippen LogP contribution < -0.4 is 4.74 Å². The molecule has 3 nitrogen and oxygen atoms in total. The number of carboxylic acids is 1. The summed E-state index contributed by atoms with van der Waals surface area (Å²) in [6, 6.07) is 3.74. The van der Waals surface area contributed by atoms with Crippen LogP contribution in [0.15, 0.2) is 12.1 Å². The van der Waals surface area contributed by atoms with Gasteiger partial charge in [-0.15, -0.1) is 0 Å². The van der Waals surface area contributed by atoms with Crippen LogP contribution in [0.2, 0.25) is 5.02 Å². The quantitative estimate of drug-likeness (QED) is 0.909. The molecule has 1 N–H and O–H groups in total. The van der Waals surface area contributed by atoms with Crippen molar-refractivity contribution in [1.82, 2.24) is 0 Å². The summed E-state index contributed by atoms with van der Waals surface area (Å²) in [7, 11) is 0. The second-order valence-electron chi connectivity index (χ2n) is 5.33. The average molecular weight is 267 g/mol. The largest absolute Gasteiger partial charge is 0.489 e. The number of halogens is 1. The molecule has 3 rings (SSSR count). The third-order valence-electron chi connectivity index (χ3n) is 3.67. The van der Waals surface area contributed by atoms with Crippen LogP contribution in [0.1, 0.15) is 36.8 Å². The van der Waals surface area contributed by atoms with E-state index in [1.54, 1.807) is 0 Å². The zero-order valence-corrected chi connectivity index (χ0v) is 11.0. The lowest BCUT2D eigenvalue weighted by Crippen LogP contribution is -2.21. The Hall–Kier alpha value is -1.22. The third kappa shape index (κ3) is 1.87. The van der Waals surface area contributed by atoms with E-state index in [0.717, 1.165) is 24.0 Å². The van der Waals surface area contributed by atoms with Crippen molar-refractivity contribution in [3.63, 3.8) is 0 Å². The van der Waals surface area contributed by atoms with Gasteiger partial charge in [0, 0.05) is 5.56 Å². The summed E-state index contributed by atoms with van der Waals surface area (Å²) in [5.41, 5.74) is 0.970. The van der Waals surface area contributed by atoms with Crippen molar-refractivity contribution in [3.05, 3.63) is 28.3 Å². The molecule has 0 aromatic heterocycles. The van der Waals surface area contributed by atoms with Crippen LogP contribution in [0, 0.1) is 6.92 Å². The highest BCUT2D eigenvalue weighted by Gasteiger charge is 2.54. The maximum Gasteiger partial charge on any atom is 0.314 e. The number of carboxylic acid groups (broad SMARTS) is 1. The van der Waals surface area contributed by atoms with E-state index < -0.39 is 11.4 Å². The second-order valence-corrected chi connectivity index (χ2v) is 5.74. The molecule has 0 atom stereocenters. The number of aliphatic carboxylic acids is 1. The number of benzene rings is 1. The van der Waals surface area contributed by atoms with Crippen molar-refractivity contribution in [2.45, 2.75) is 44.1 Å². The fraction of sp³-hybridized carbons (Fsp3) is 0.500. The minimum atomic E-state index is -0.773. The maximum atomic E-state index is 11.5. The van der Waals surface area contributed by atoms with Gasteiger partial charge in [-0.25, -0.2) is 0 Å². The molecule has 4 heteroatoms. The maximum absolute atomic E-state index is 11.5. The standard InChI is InChI=1S/C14H15ClO3/c1-8-6-10(14(4-5-14)13(16)17)12(11(15)7-8)18-9-2-3-9/h6-7,9H,2-5H2,1H3,(H,16,17). The molecule has 18 heavy (non-hydrogen) atoms. The minimum Gasteiger partial charge on any atom is -0.489 e. The Labute approximate surface area is 111 Å². The van der Waals surface area contributed by atoms with Gasteiger partial charge < -0.3 is 9.84 Å². The molecule has 1 aromatic carbocycles. The number of rotatable bonds is 4. The smallest absolute Gasteiger partial charge is 0.314 e. The first-order valence-corrected chi connectivity index (χ1v) is 6.61. The van der Waals surface area contributed by atoms with Crippen molar-refractivity contribution in [2.75, 3.05) is 0 Å². The van der Waals surface area contributed by atoms with Crippen LogP contribution in [0.5, 0.6) is 5.75 Å². The van der Waals surface area contributed by atoms with Gasteiger partial charge in [0.2, 0.25) is 0 Å². The molecule has 0 heterocycles. The van der Waals surface area contributed by atoms with Gasteiger partial charge in [0.15, 0.2) is 0 Å². The van der Waals surface area contributed by atoms with E-state index in [4.69, 9.17) is 16.3 Å². The van der Waals surface area contributed by atoms with E-state index in [0.29, 0.717) is 23.6 Å². The Balaban J connectivity index is 2.08. The van der Waals surface area contributed by atoms with E-state index >= 15 is 0 Å². The van der Waals surface area contributed by atoms with Crippen molar-refractivity contribution in [2.24, 2.45) is 0 Å². The summed E-state index contributed by atoms with van der Waals surface area (Å²) in [5, 5.41) is 9.95. The Morgan fingerprint density at radius 2 is 2.11 bits per heavy atom. The summed E-state index contributed by atoms with van der Waals surface area (Å²) in [6.07, 6.45) is 3.62. The van der Waals surface area contributed by atoms with Crippen molar-refractivity contribution >= 4 is 17.6 Å². The molecule has 0 saturated heterocycles. The van der Waals surface area contributed by atoms with Gasteiger partial charge in [-0.2, -0.15) is 0 Å². The Bertz CT molecular complexity index is 516. The van der Waals surface area contributed by atoms with E-state index in [-0.39, 0.29) is 6.10 Å². The summed E-state index contributed by atoms with van der Waals surface area (Å²) in [4.78, 5) is 11.5. The molecule has 1 aromatic rings. The highest BCUT2D eigenvalue weighted by atomic mass is 35.5. The SMILES string of the molecule is Cc1cc(Cl)c(OC2CC2)c(C2(C(=O)O)CC2)c1. The van der Waals surface area contributed by atoms with Gasteiger partial charge in [-0.05, 0) is 44.2 Å². The molecule has 0 amide bonds. The van der Waals surface area contributed by atoms with Gasteiger partial charge in [-0.3, -0.25) is 4.79 Å². The van der Waals surface area contributed by atoms with Crippen LogP contribution in [0.3, 0.4) is 0 Å². The highest BCUT2D eigenvalue weighted by molar-refractivity contribution is 6.32. The average Bonchev–Trinajstić information content (AvgIpc) is 3.13. The zero-order valence-electron chi connectivity index (χ0n) is 10.2. The molecule has 96 valence electrons. The summed E-state index contributed by atoms with van der Waals surface area (Å²) in [6.45, 7) is 1.92. The van der Waals surface area contributed by atoms with Crippen LogP contribution in [-0.2, 0) is 10.2 Å². The lowest BCUT2D eigenvalue weighted by atomic mass is 9.93. The Morgan fingerprint density at radius 3 is 2.61 bits per heavy atom. The lowest BCUT2D eigenvalue weighted by molar-refractivity contribution is -0.140. The van der Waals surface area contributed by atoms with Gasteiger partial charge in [0.1, 0.15) is 5.75 Å². The number of aryl methyl sites for hydroxylation is 1. The highest BCUT2D eigenvalue weighted by Crippen LogP contribution is 2.54. The van der Waals surface area contributed by atoms with E-state index in [2.05, 4.69) is 0 Å². The van der Waals surface area contributed by atoms with E-state index in [9.17, 15) is 9.90 Å². The number of carbonyl (C=O) groups is 1. The third-order valence-corrected chi connectivity index (χ3v) is 3.95. The van der Waals surface area contributed by atoms with Gasteiger partial charge in [0.25, 0.3) is 0 Å². The summed E-state index contributed by atoms with van der Waals surface area (Å²) >= 11 is 6.23. The number of hydrogen-bond acceptors (Lipinski definition) is 2. The molecule has 2 saturated carbocycles. The molecule has 0 radical (unpaired) electrons. The van der Waals surface area contributed by atoms with Crippen molar-refractivity contribution in [3.8, 4) is 5.75 Å². The van der Waals surface area contributed by atoms with Crippen LogP contribution in [0.4, 0.5) is 0 Å². The summed E-state index contributed by atoms with van der Waals surface area (Å²) < 4.78 is 5.82. The molecule has 0 aliphatic heterocycles. The normalized spacial score (nSPS) is 20.6. The van der Waals surface area contributed by atoms with E-state index in [1.807, 2.05) is 19.1 Å². The molecular formula is C14H15ClO3. The number of hydrogen-bond donors (Lipinski definition) is 1. The molecule has 0 bridgehead atoms. The molecular weight excluding hydrogens is 252 g/mol. The van der Waals surface area contributed by atoms with Gasteiger partial charge in [0.05, 0.1) is 16.5 Å². The van der Waals surface area contributed by atoms with Gasteiger partial charge in [-0.1, -0.05) is 17.7 Å². The lowest BCUT2D eigenvalue weighted by Gasteiger charge is -2.18. The zero-order chi connectivity index (χ0) is 12.9. The summed E-state index contributed by atoms with van der Waals surface area (Å²) in [5.74, 6) is -0.186. The molecule has 2 aliphatic carbocycles. The molecule has 2 fully saturated rings. The van der Waals surface area contributed by atoms with Crippen molar-refractivity contribution in [1.29, 1.82) is 0 Å². The first-order valence-electron chi connectivity index (χ1n) is 6.23. The molecule has 0 unspecified atom stereocenters. The predicted octanol–water partition coefficient (Wildman–Crippen LogP) is 3.31. The first kappa shape index (κ1) is 11.8. The Morgan fingerprint density at radius 1 is 1.44 bits per heavy atom. The predicted molar refractivity (Wildman–Crippen MR) is 68.4 cm³/mol. The van der Waals surface area contributed by atoms with Gasteiger partial charge >= 0.3 is 5.97 Å². The monoisotopic (exact) mass is 266 g/mol. The fourth-order valence-corrected chi connectivity index (χ4v) is 2.60. The topological polar surface area (TPSA) is 46.5 Å².